The zero-order valence-corrected chi connectivity index (χ0v) is 14.9. The van der Waals surface area contributed by atoms with Crippen LogP contribution in [0.4, 0.5) is 0 Å². The van der Waals surface area contributed by atoms with Gasteiger partial charge in [-0.05, 0) is 43.5 Å². The molecule has 0 amide bonds. The van der Waals surface area contributed by atoms with Crippen LogP contribution in [-0.2, 0) is 17.6 Å². The van der Waals surface area contributed by atoms with Crippen LogP contribution in [-0.4, -0.2) is 36.5 Å². The van der Waals surface area contributed by atoms with Crippen LogP contribution in [0.2, 0.25) is 0 Å². The van der Waals surface area contributed by atoms with Crippen LogP contribution in [0.15, 0.2) is 27.9 Å². The number of aromatic nitrogens is 1. The number of methoxy groups -OCH3 is 1. The molecule has 2 aromatic rings. The summed E-state index contributed by atoms with van der Waals surface area (Å²) in [6.45, 7) is 5.08. The van der Waals surface area contributed by atoms with E-state index in [1.807, 2.05) is 32.0 Å². The van der Waals surface area contributed by atoms with Gasteiger partial charge in [0.1, 0.15) is 11.5 Å². The van der Waals surface area contributed by atoms with Crippen molar-refractivity contribution in [2.24, 2.45) is 10.9 Å². The molecule has 1 aromatic heterocycles. The highest BCUT2D eigenvalue weighted by Gasteiger charge is 2.10. The van der Waals surface area contributed by atoms with Gasteiger partial charge in [0.25, 0.3) is 0 Å². The van der Waals surface area contributed by atoms with E-state index in [1.165, 1.54) is 0 Å². The molecule has 0 saturated heterocycles. The Kier molecular flexibility index (Phi) is 6.82. The topological polar surface area (TPSA) is 103 Å². The SMILES string of the molecule is COCCc1cc(CCCOc2c(C)cc(/C(N)=N/O)cc2C)on1. The lowest BCUT2D eigenvalue weighted by Crippen LogP contribution is -2.14. The molecule has 25 heavy (non-hydrogen) atoms. The van der Waals surface area contributed by atoms with E-state index in [9.17, 15) is 0 Å². The Balaban J connectivity index is 1.86. The summed E-state index contributed by atoms with van der Waals surface area (Å²) in [6, 6.07) is 5.65. The number of hydrogen-bond acceptors (Lipinski definition) is 6. The third kappa shape index (κ3) is 5.22. The van der Waals surface area contributed by atoms with Crippen LogP contribution in [0.5, 0.6) is 5.75 Å². The molecule has 0 aliphatic rings. The average molecular weight is 347 g/mol. The molecule has 1 aromatic carbocycles. The van der Waals surface area contributed by atoms with Crippen molar-refractivity contribution in [2.75, 3.05) is 20.3 Å². The number of benzene rings is 1. The fourth-order valence-corrected chi connectivity index (χ4v) is 2.60. The summed E-state index contributed by atoms with van der Waals surface area (Å²) in [7, 11) is 1.67. The molecule has 3 N–H and O–H groups in total. The standard InChI is InChI=1S/C18H25N3O4/c1-12-9-14(18(19)20-22)10-13(2)17(12)24-7-4-5-16-11-15(21-25-16)6-8-23-3/h9-11,22H,4-8H2,1-3H3,(H2,19,20). The van der Waals surface area contributed by atoms with E-state index in [0.717, 1.165) is 47.6 Å². The monoisotopic (exact) mass is 347 g/mol. The molecule has 0 aliphatic heterocycles. The maximum Gasteiger partial charge on any atom is 0.170 e. The van der Waals surface area contributed by atoms with Crippen molar-refractivity contribution in [3.05, 3.63) is 46.3 Å². The average Bonchev–Trinajstić information content (AvgIpc) is 3.05. The van der Waals surface area contributed by atoms with E-state index in [1.54, 1.807) is 7.11 Å². The molecule has 0 saturated carbocycles. The number of rotatable bonds is 9. The quantitative estimate of drug-likeness (QED) is 0.238. The smallest absolute Gasteiger partial charge is 0.170 e. The second-order valence-electron chi connectivity index (χ2n) is 5.90. The number of hydrogen-bond donors (Lipinski definition) is 2. The lowest BCUT2D eigenvalue weighted by molar-refractivity contribution is 0.200. The molecule has 0 fully saturated rings. The molecule has 0 spiro atoms. The Morgan fingerprint density at radius 3 is 2.56 bits per heavy atom. The zero-order chi connectivity index (χ0) is 18.2. The van der Waals surface area contributed by atoms with Crippen LogP contribution in [0.1, 0.15) is 34.6 Å². The summed E-state index contributed by atoms with van der Waals surface area (Å²) in [6.07, 6.45) is 2.33. The predicted molar refractivity (Wildman–Crippen MR) is 94.3 cm³/mol. The van der Waals surface area contributed by atoms with Crippen LogP contribution >= 0.6 is 0 Å². The second-order valence-corrected chi connectivity index (χ2v) is 5.90. The summed E-state index contributed by atoms with van der Waals surface area (Å²) in [4.78, 5) is 0. The fraction of sp³-hybridized carbons (Fsp3) is 0.444. The molecule has 136 valence electrons. The number of amidine groups is 1. The van der Waals surface area contributed by atoms with Gasteiger partial charge in [-0.3, -0.25) is 0 Å². The molecule has 0 radical (unpaired) electrons. The maximum atomic E-state index is 8.78. The Bertz CT molecular complexity index is 702. The van der Waals surface area contributed by atoms with Gasteiger partial charge in [-0.2, -0.15) is 0 Å². The first kappa shape index (κ1) is 18.8. The van der Waals surface area contributed by atoms with E-state index in [2.05, 4.69) is 10.3 Å². The van der Waals surface area contributed by atoms with Gasteiger partial charge in [0.2, 0.25) is 0 Å². The highest BCUT2D eigenvalue weighted by Crippen LogP contribution is 2.25. The lowest BCUT2D eigenvalue weighted by Gasteiger charge is -2.13. The Labute approximate surface area is 147 Å². The summed E-state index contributed by atoms with van der Waals surface area (Å²) >= 11 is 0. The van der Waals surface area contributed by atoms with E-state index in [4.69, 9.17) is 24.9 Å². The molecular formula is C18H25N3O4. The van der Waals surface area contributed by atoms with Gasteiger partial charge >= 0.3 is 0 Å². The first-order valence-corrected chi connectivity index (χ1v) is 8.20. The maximum absolute atomic E-state index is 8.78. The van der Waals surface area contributed by atoms with E-state index in [0.29, 0.717) is 18.8 Å². The van der Waals surface area contributed by atoms with Crippen LogP contribution in [0, 0.1) is 13.8 Å². The van der Waals surface area contributed by atoms with Crippen molar-refractivity contribution in [3.63, 3.8) is 0 Å². The number of nitrogens with zero attached hydrogens (tertiary/aromatic N) is 2. The van der Waals surface area contributed by atoms with Crippen LogP contribution in [0.3, 0.4) is 0 Å². The largest absolute Gasteiger partial charge is 0.493 e. The first-order chi connectivity index (χ1) is 12.0. The number of nitrogens with two attached hydrogens (primary N) is 1. The van der Waals surface area contributed by atoms with Gasteiger partial charge in [0.15, 0.2) is 5.84 Å². The van der Waals surface area contributed by atoms with Gasteiger partial charge < -0.3 is 24.9 Å². The Morgan fingerprint density at radius 1 is 1.20 bits per heavy atom. The minimum absolute atomic E-state index is 0.0901. The molecule has 0 aliphatic carbocycles. The number of oxime groups is 1. The lowest BCUT2D eigenvalue weighted by atomic mass is 10.1. The van der Waals surface area contributed by atoms with Crippen molar-refractivity contribution in [3.8, 4) is 5.75 Å². The first-order valence-electron chi connectivity index (χ1n) is 8.20. The molecule has 1 heterocycles. The molecule has 0 bridgehead atoms. The molecular weight excluding hydrogens is 322 g/mol. The second kappa shape index (κ2) is 9.08. The highest BCUT2D eigenvalue weighted by molar-refractivity contribution is 5.97. The predicted octanol–water partition coefficient (Wildman–Crippen LogP) is 2.59. The normalized spacial score (nSPS) is 11.7. The third-order valence-electron chi connectivity index (χ3n) is 3.85. The zero-order valence-electron chi connectivity index (χ0n) is 14.9. The van der Waals surface area contributed by atoms with E-state index < -0.39 is 0 Å². The van der Waals surface area contributed by atoms with Crippen molar-refractivity contribution >= 4 is 5.84 Å². The van der Waals surface area contributed by atoms with Gasteiger partial charge in [0, 0.05) is 31.6 Å². The molecule has 0 atom stereocenters. The van der Waals surface area contributed by atoms with Crippen molar-refractivity contribution in [1.82, 2.24) is 5.16 Å². The van der Waals surface area contributed by atoms with Gasteiger partial charge in [-0.25, -0.2) is 0 Å². The minimum atomic E-state index is 0.0901. The summed E-state index contributed by atoms with van der Waals surface area (Å²) < 4.78 is 16.2. The van der Waals surface area contributed by atoms with Crippen LogP contribution < -0.4 is 10.5 Å². The molecule has 0 unspecified atom stereocenters. The fourth-order valence-electron chi connectivity index (χ4n) is 2.60. The molecule has 7 nitrogen and oxygen atoms in total. The molecule has 2 rings (SSSR count). The van der Waals surface area contributed by atoms with Gasteiger partial charge in [-0.1, -0.05) is 10.3 Å². The Hall–Kier alpha value is -2.54. The van der Waals surface area contributed by atoms with Crippen molar-refractivity contribution in [1.29, 1.82) is 0 Å². The third-order valence-corrected chi connectivity index (χ3v) is 3.85. The van der Waals surface area contributed by atoms with Gasteiger partial charge in [0.05, 0.1) is 18.9 Å². The van der Waals surface area contributed by atoms with Crippen LogP contribution in [0.25, 0.3) is 0 Å². The number of aryl methyl sites for hydroxylation is 3. The molecule has 7 heteroatoms. The minimum Gasteiger partial charge on any atom is -0.493 e. The Morgan fingerprint density at radius 2 is 1.92 bits per heavy atom. The van der Waals surface area contributed by atoms with Crippen molar-refractivity contribution < 1.29 is 19.2 Å². The summed E-state index contributed by atoms with van der Waals surface area (Å²) in [5.41, 5.74) is 9.11. The summed E-state index contributed by atoms with van der Waals surface area (Å²) in [5, 5.41) is 15.8. The van der Waals surface area contributed by atoms with E-state index >= 15 is 0 Å². The van der Waals surface area contributed by atoms with Crippen molar-refractivity contribution in [2.45, 2.75) is 33.1 Å². The summed E-state index contributed by atoms with van der Waals surface area (Å²) in [5.74, 6) is 1.77. The highest BCUT2D eigenvalue weighted by atomic mass is 16.5. The number of ether oxygens (including phenoxy) is 2. The van der Waals surface area contributed by atoms with E-state index in [-0.39, 0.29) is 5.84 Å². The van der Waals surface area contributed by atoms with Gasteiger partial charge in [-0.15, -0.1) is 0 Å².